The predicted octanol–water partition coefficient (Wildman–Crippen LogP) is 1.55. The minimum absolute atomic E-state index is 0.0837. The second-order valence-corrected chi connectivity index (χ2v) is 6.89. The molecule has 0 aliphatic carbocycles. The third kappa shape index (κ3) is 3.06. The number of hydrogen-bond acceptors (Lipinski definition) is 6. The molecule has 0 radical (unpaired) electrons. The van der Waals surface area contributed by atoms with Crippen molar-refractivity contribution in [1.82, 2.24) is 0 Å². The first kappa shape index (κ1) is 17.0. The zero-order valence-electron chi connectivity index (χ0n) is 14.2. The molecule has 0 saturated carbocycles. The lowest BCUT2D eigenvalue weighted by atomic mass is 9.96. The molecule has 7 heteroatoms. The SMILES string of the molecule is CO[N+](=O)c1cc2c(cc1N1CCC(CO)CC1)OC(C)(CO)C2. The van der Waals surface area contributed by atoms with E-state index < -0.39 is 5.60 Å². The van der Waals surface area contributed by atoms with Crippen LogP contribution in [0.25, 0.3) is 0 Å². The fourth-order valence-corrected chi connectivity index (χ4v) is 3.48. The van der Waals surface area contributed by atoms with E-state index in [0.717, 1.165) is 37.2 Å². The quantitative estimate of drug-likeness (QED) is 0.794. The van der Waals surface area contributed by atoms with Gasteiger partial charge in [-0.15, -0.1) is 0 Å². The van der Waals surface area contributed by atoms with Crippen molar-refractivity contribution in [3.8, 4) is 5.75 Å². The van der Waals surface area contributed by atoms with Crippen LogP contribution in [0, 0.1) is 10.8 Å². The van der Waals surface area contributed by atoms with Crippen LogP contribution in [0.1, 0.15) is 25.3 Å². The van der Waals surface area contributed by atoms with Crippen molar-refractivity contribution in [2.24, 2.45) is 5.92 Å². The number of aliphatic hydroxyl groups is 2. The fraction of sp³-hybridized carbons (Fsp3) is 0.647. The summed E-state index contributed by atoms with van der Waals surface area (Å²) in [7, 11) is 1.34. The summed E-state index contributed by atoms with van der Waals surface area (Å²) in [6.45, 7) is 3.51. The number of aliphatic hydroxyl groups excluding tert-OH is 2. The monoisotopic (exact) mass is 337 g/mol. The van der Waals surface area contributed by atoms with Crippen LogP contribution in [0.4, 0.5) is 11.4 Å². The van der Waals surface area contributed by atoms with Crippen LogP contribution in [-0.4, -0.2) is 54.2 Å². The van der Waals surface area contributed by atoms with Gasteiger partial charge in [0.05, 0.1) is 11.5 Å². The molecule has 0 aromatic heterocycles. The Morgan fingerprint density at radius 2 is 2.08 bits per heavy atom. The van der Waals surface area contributed by atoms with Crippen molar-refractivity contribution in [3.63, 3.8) is 0 Å². The van der Waals surface area contributed by atoms with E-state index in [-0.39, 0.29) is 13.2 Å². The molecule has 2 N–H and O–H groups in total. The number of piperidine rings is 1. The summed E-state index contributed by atoms with van der Waals surface area (Å²) in [5.41, 5.74) is 1.46. The van der Waals surface area contributed by atoms with Gasteiger partial charge in [0, 0.05) is 43.8 Å². The first-order valence-corrected chi connectivity index (χ1v) is 8.33. The molecule has 2 aliphatic heterocycles. The molecular formula is C17H25N2O5+. The zero-order chi connectivity index (χ0) is 17.3. The van der Waals surface area contributed by atoms with Crippen molar-refractivity contribution in [2.45, 2.75) is 31.8 Å². The Hall–Kier alpha value is -1.86. The summed E-state index contributed by atoms with van der Waals surface area (Å²) in [5, 5.41) is 18.8. The summed E-state index contributed by atoms with van der Waals surface area (Å²) < 4.78 is 5.91. The van der Waals surface area contributed by atoms with Gasteiger partial charge in [0.2, 0.25) is 0 Å². The topological polar surface area (TPSA) is 82.2 Å². The van der Waals surface area contributed by atoms with Gasteiger partial charge in [-0.3, -0.25) is 0 Å². The van der Waals surface area contributed by atoms with Crippen LogP contribution < -0.4 is 9.64 Å². The van der Waals surface area contributed by atoms with Gasteiger partial charge < -0.3 is 19.8 Å². The van der Waals surface area contributed by atoms with Gasteiger partial charge >= 0.3 is 5.69 Å². The highest BCUT2D eigenvalue weighted by molar-refractivity contribution is 5.69. The summed E-state index contributed by atoms with van der Waals surface area (Å²) >= 11 is 0. The van der Waals surface area contributed by atoms with Crippen molar-refractivity contribution in [1.29, 1.82) is 0 Å². The lowest BCUT2D eigenvalue weighted by Gasteiger charge is -2.32. The number of hydrogen-bond donors (Lipinski definition) is 2. The van der Waals surface area contributed by atoms with E-state index in [1.54, 1.807) is 6.07 Å². The third-order valence-corrected chi connectivity index (χ3v) is 4.99. The minimum atomic E-state index is -0.650. The van der Waals surface area contributed by atoms with Gasteiger partial charge in [-0.1, -0.05) is 0 Å². The number of ether oxygens (including phenoxy) is 1. The fourth-order valence-electron chi connectivity index (χ4n) is 3.48. The molecule has 132 valence electrons. The van der Waals surface area contributed by atoms with Crippen LogP contribution in [0.5, 0.6) is 5.75 Å². The van der Waals surface area contributed by atoms with Crippen molar-refractivity contribution < 1.29 is 24.7 Å². The van der Waals surface area contributed by atoms with Gasteiger partial charge in [-0.2, -0.15) is 0 Å². The zero-order valence-corrected chi connectivity index (χ0v) is 14.2. The van der Waals surface area contributed by atoms with E-state index >= 15 is 0 Å². The Kier molecular flexibility index (Phi) is 4.64. The first-order chi connectivity index (χ1) is 11.5. The van der Waals surface area contributed by atoms with Crippen LogP contribution >= 0.6 is 0 Å². The molecule has 1 atom stereocenters. The predicted molar refractivity (Wildman–Crippen MR) is 88.6 cm³/mol. The van der Waals surface area contributed by atoms with Crippen molar-refractivity contribution in [2.75, 3.05) is 38.3 Å². The van der Waals surface area contributed by atoms with Gasteiger partial charge in [0.1, 0.15) is 17.0 Å². The average molecular weight is 337 g/mol. The first-order valence-electron chi connectivity index (χ1n) is 8.33. The lowest BCUT2D eigenvalue weighted by molar-refractivity contribution is -0.736. The number of rotatable bonds is 5. The van der Waals surface area contributed by atoms with E-state index in [9.17, 15) is 15.1 Å². The maximum atomic E-state index is 12.2. The molecule has 1 saturated heterocycles. The van der Waals surface area contributed by atoms with Crippen molar-refractivity contribution in [3.05, 3.63) is 22.6 Å². The largest absolute Gasteiger partial charge is 0.484 e. The van der Waals surface area contributed by atoms with Crippen LogP contribution in [0.15, 0.2) is 12.1 Å². The summed E-state index contributed by atoms with van der Waals surface area (Å²) in [4.78, 5) is 19.7. The number of benzene rings is 1. The highest BCUT2D eigenvalue weighted by atomic mass is 16.8. The molecule has 1 aromatic rings. The van der Waals surface area contributed by atoms with Gasteiger partial charge in [0.25, 0.3) is 4.92 Å². The molecule has 0 spiro atoms. The Bertz CT molecular complexity index is 628. The second-order valence-electron chi connectivity index (χ2n) is 6.89. The average Bonchev–Trinajstić information content (AvgIpc) is 2.96. The maximum Gasteiger partial charge on any atom is 0.340 e. The van der Waals surface area contributed by atoms with Gasteiger partial charge in [0.15, 0.2) is 7.11 Å². The molecule has 1 aromatic carbocycles. The van der Waals surface area contributed by atoms with Gasteiger partial charge in [-0.25, -0.2) is 4.84 Å². The molecule has 24 heavy (non-hydrogen) atoms. The Balaban J connectivity index is 1.94. The molecule has 2 aliphatic rings. The lowest BCUT2D eigenvalue weighted by Crippen LogP contribution is -2.35. The molecule has 3 rings (SSSR count). The Morgan fingerprint density at radius 3 is 2.67 bits per heavy atom. The molecule has 0 amide bonds. The van der Waals surface area contributed by atoms with E-state index in [0.29, 0.717) is 28.7 Å². The standard InChI is InChI=1S/C17H25N2O5/c1-17(11-21)9-13-7-15(19(22)23-2)14(8-16(13)24-17)18-5-3-12(10-20)4-6-18/h7-8,12,20-21H,3-6,9-11H2,1-2H3/q+1. The van der Waals surface area contributed by atoms with Crippen LogP contribution in [0.3, 0.4) is 0 Å². The molecular weight excluding hydrogens is 312 g/mol. The van der Waals surface area contributed by atoms with Gasteiger partial charge in [-0.05, 0) is 25.7 Å². The summed E-state index contributed by atoms with van der Waals surface area (Å²) in [5.74, 6) is 1.03. The van der Waals surface area contributed by atoms with Crippen LogP contribution in [-0.2, 0) is 11.3 Å². The maximum absolute atomic E-state index is 12.2. The second kappa shape index (κ2) is 6.57. The third-order valence-electron chi connectivity index (χ3n) is 4.99. The number of anilines is 1. The normalized spacial score (nSPS) is 23.8. The molecule has 1 unspecified atom stereocenters. The van der Waals surface area contributed by atoms with E-state index in [1.807, 2.05) is 13.0 Å². The van der Waals surface area contributed by atoms with Crippen molar-refractivity contribution >= 4 is 11.4 Å². The highest BCUT2D eigenvalue weighted by Crippen LogP contribution is 2.43. The number of nitrogens with zero attached hydrogens (tertiary/aromatic N) is 2. The molecule has 2 heterocycles. The number of fused-ring (bicyclic) bond motifs is 1. The Morgan fingerprint density at radius 1 is 1.38 bits per heavy atom. The summed E-state index contributed by atoms with van der Waals surface area (Å²) in [6, 6.07) is 3.66. The van der Waals surface area contributed by atoms with E-state index in [4.69, 9.17) is 9.57 Å². The molecule has 1 fully saturated rings. The Labute approximate surface area is 141 Å². The smallest absolute Gasteiger partial charge is 0.340 e. The minimum Gasteiger partial charge on any atom is -0.484 e. The van der Waals surface area contributed by atoms with Crippen LogP contribution in [0.2, 0.25) is 0 Å². The molecule has 7 nitrogen and oxygen atoms in total. The highest BCUT2D eigenvalue weighted by Gasteiger charge is 2.38. The van der Waals surface area contributed by atoms with E-state index in [2.05, 4.69) is 4.90 Å². The van der Waals surface area contributed by atoms with E-state index in [1.165, 1.54) is 7.11 Å². The molecule has 0 bridgehead atoms. The summed E-state index contributed by atoms with van der Waals surface area (Å²) in [6.07, 6.45) is 2.32.